The molecule has 12 aromatic rings. The lowest BCUT2D eigenvalue weighted by Gasteiger charge is -2.29. The zero-order valence-electron chi connectivity index (χ0n) is 81.1. The number of benzene rings is 12. The zero-order chi connectivity index (χ0) is 97.7. The molecule has 0 fully saturated rings. The Balaban J connectivity index is 0.000000174. The lowest BCUT2D eigenvalue weighted by Crippen LogP contribution is -2.20. The summed E-state index contributed by atoms with van der Waals surface area (Å²) in [6, 6.07) is 96.0. The van der Waals surface area contributed by atoms with Crippen LogP contribution in [0.5, 0.6) is 0 Å². The van der Waals surface area contributed by atoms with Gasteiger partial charge in [-0.25, -0.2) is 25.3 Å². The van der Waals surface area contributed by atoms with Crippen molar-refractivity contribution in [3.8, 4) is 0 Å². The third-order valence-electron chi connectivity index (χ3n) is 25.3. The maximum atomic E-state index is 12.6. The van der Waals surface area contributed by atoms with E-state index in [0.717, 1.165) is 201 Å². The predicted molar refractivity (Wildman–Crippen MR) is 564 cm³/mol. The highest BCUT2D eigenvalue weighted by atomic mass is 32.2. The van der Waals surface area contributed by atoms with Crippen LogP contribution in [0.1, 0.15) is 161 Å². The van der Waals surface area contributed by atoms with E-state index in [1.807, 2.05) is 101 Å². The minimum absolute atomic E-state index is 0.220. The molecule has 0 spiro atoms. The number of para-hydroxylation sites is 6. The van der Waals surface area contributed by atoms with E-state index >= 15 is 0 Å². The Morgan fingerprint density at radius 2 is 0.635 bits per heavy atom. The monoisotopic (exact) mass is 1880 g/mol. The molecule has 0 bridgehead atoms. The Hall–Kier alpha value is -13.6. The van der Waals surface area contributed by atoms with Gasteiger partial charge < -0.3 is 28.4 Å². The van der Waals surface area contributed by atoms with Gasteiger partial charge in [-0.2, -0.15) is 13.7 Å². The summed E-state index contributed by atoms with van der Waals surface area (Å²) in [6.45, 7) is 29.0. The van der Waals surface area contributed by atoms with Crippen LogP contribution < -0.4 is 14.7 Å². The number of allylic oxidation sites excluding steroid dienone is 15. The molecule has 3 aliphatic carbocycles. The standard InChI is InChI=1S/C43H48N2O3S.C41H44N2O3S.C35H32N2O3S/c1-7-9-27-44(38-20-14-11-17-31(38)3)40-25-23-35(29-33(40)5)43(37-19-13-16-22-42(37)49(46,47)48)36-24-26-41(34(6)30-36)45(28-10-8-2)39-21-15-12-18-32(39)4;1-5-7-27-42(35-17-11-9-12-18-35)38-25-23-33(29-31(38)3)41(37-21-15-16-22-40(37)47(44,45)46)34-24-26-39(32(4)30-34)43(28-8-6-2)36-19-13-10-14-20-36;1-25-23-27(19-21-32(25)36(3)29-13-7-5-8-14-29)35(31-17-11-12-18-34(31)41(38,39)40)28-20-22-33(26(2)24-28)37(4)30-15-9-6-10-16-30/h11-26,29-30H,7-10,27-28H2,1-6H3;9-26,29-30H,5-8,27-28H2,1-4H3;5-24H,1-4H3. The van der Waals surface area contributed by atoms with Gasteiger partial charge in [0, 0.05) is 155 Å². The average Bonchev–Trinajstić information content (AvgIpc) is 0.770. The van der Waals surface area contributed by atoms with Crippen LogP contribution in [0, 0.1) is 34.6 Å². The number of unbranched alkanes of at least 4 members (excludes halogenated alkanes) is 4. The van der Waals surface area contributed by atoms with Crippen molar-refractivity contribution in [2.24, 2.45) is 0 Å². The van der Waals surface area contributed by atoms with Gasteiger partial charge in [0.2, 0.25) is 34.2 Å². The molecule has 0 unspecified atom stereocenters. The molecule has 0 amide bonds. The summed E-state index contributed by atoms with van der Waals surface area (Å²) in [5.74, 6) is 0. The molecule has 0 radical (unpaired) electrons. The Morgan fingerprint density at radius 1 is 0.307 bits per heavy atom. The number of rotatable bonds is 30. The zero-order valence-corrected chi connectivity index (χ0v) is 83.5. The molecule has 0 saturated heterocycles. The third kappa shape index (κ3) is 24.5. The molecule has 0 aliphatic heterocycles. The van der Waals surface area contributed by atoms with E-state index in [1.165, 1.54) is 40.7 Å². The highest BCUT2D eigenvalue weighted by Crippen LogP contribution is 2.44. The number of hydrogen-bond donors (Lipinski definition) is 0. The molecular weight excluding hydrogens is 1750 g/mol. The SMILES string of the molecule is CC1=CC(=C(c2ccc(N(C)c3ccccc3)c(C)c2)c2ccccc2S(=O)(=O)[O-])C=CC1=[N+](C)c1ccccc1.CCCCN(c1ccccc1)c1ccc(C(=C2C=CC(=[N+](CCCC)c3ccccc3)C(C)=C2)c2ccccc2S(=O)(=O)[O-])cc1C.CCCCN(c1ccccc1C)c1ccc(C(=C2C=CC(=[N+](CCCC)c3ccccc3C)C(C)=C2)c2ccccc2S(=O)(=O)[O-])cc1C. The second-order valence-corrected chi connectivity index (χ2v) is 39.1. The maximum Gasteiger partial charge on any atom is 0.208 e. The van der Waals surface area contributed by atoms with Crippen molar-refractivity contribution < 1.29 is 52.6 Å². The molecule has 3 aliphatic rings. The van der Waals surface area contributed by atoms with Gasteiger partial charge in [0.15, 0.2) is 0 Å². The number of hydrogen-bond acceptors (Lipinski definition) is 12. The van der Waals surface area contributed by atoms with E-state index in [0.29, 0.717) is 33.4 Å². The molecule has 18 heteroatoms. The summed E-state index contributed by atoms with van der Waals surface area (Å²) < 4.78 is 120. The Bertz CT molecular complexity index is 7200. The molecule has 0 aromatic heterocycles. The number of aryl methyl sites for hydroxylation is 5. The second kappa shape index (κ2) is 46.3. The largest absolute Gasteiger partial charge is 0.744 e. The van der Waals surface area contributed by atoms with E-state index in [-0.39, 0.29) is 14.7 Å². The third-order valence-corrected chi connectivity index (χ3v) is 27.9. The Morgan fingerprint density at radius 3 is 1.04 bits per heavy atom. The van der Waals surface area contributed by atoms with Crippen molar-refractivity contribution in [1.29, 1.82) is 0 Å². The predicted octanol–water partition coefficient (Wildman–Crippen LogP) is 27.5. The second-order valence-electron chi connectivity index (χ2n) is 35.0. The lowest BCUT2D eigenvalue weighted by atomic mass is 9.88. The average molecular weight is 1880 g/mol. The fourth-order valence-electron chi connectivity index (χ4n) is 18.2. The normalized spacial score (nSPS) is 15.4. The fourth-order valence-corrected chi connectivity index (χ4v) is 20.3. The van der Waals surface area contributed by atoms with Crippen molar-refractivity contribution in [2.45, 2.75) is 149 Å². The highest BCUT2D eigenvalue weighted by Gasteiger charge is 2.30. The van der Waals surface area contributed by atoms with Gasteiger partial charge >= 0.3 is 0 Å². The van der Waals surface area contributed by atoms with Crippen LogP contribution in [0.15, 0.2) is 400 Å². The lowest BCUT2D eigenvalue weighted by molar-refractivity contribution is -0.440. The van der Waals surface area contributed by atoms with Gasteiger partial charge in [-0.1, -0.05) is 235 Å². The minimum Gasteiger partial charge on any atom is -0.744 e. The van der Waals surface area contributed by atoms with E-state index in [1.54, 1.807) is 54.6 Å². The molecule has 0 atom stereocenters. The smallest absolute Gasteiger partial charge is 0.208 e. The molecule has 0 saturated carbocycles. The van der Waals surface area contributed by atoms with Gasteiger partial charge in [-0.3, -0.25) is 0 Å². The number of nitrogens with zero attached hydrogens (tertiary/aromatic N) is 6. The molecule has 12 aromatic carbocycles. The first kappa shape index (κ1) is 101. The summed E-state index contributed by atoms with van der Waals surface area (Å²) in [7, 11) is -10.2. The minimum atomic E-state index is -4.75. The van der Waals surface area contributed by atoms with Crippen LogP contribution in [-0.4, -0.2) is 110 Å². The fraction of sp³-hybridized carbons (Fsp3) is 0.218. The molecule has 15 nitrogen and oxygen atoms in total. The van der Waals surface area contributed by atoms with Crippen LogP contribution in [0.3, 0.4) is 0 Å². The number of anilines is 6. The Kier molecular flexibility index (Phi) is 34.1. The van der Waals surface area contributed by atoms with E-state index in [9.17, 15) is 38.9 Å². The van der Waals surface area contributed by atoms with Gasteiger partial charge in [0.05, 0.1) is 14.7 Å². The molecular formula is C119H124N6O9S3. The summed E-state index contributed by atoms with van der Waals surface area (Å²) >= 11 is 0. The van der Waals surface area contributed by atoms with E-state index in [4.69, 9.17) is 0 Å². The molecule has 0 heterocycles. The van der Waals surface area contributed by atoms with Crippen LogP contribution in [-0.2, 0) is 30.4 Å². The maximum absolute atomic E-state index is 12.6. The quantitative estimate of drug-likeness (QED) is 0.0306. The Labute approximate surface area is 812 Å². The van der Waals surface area contributed by atoms with Crippen LogP contribution in [0.25, 0.3) is 16.7 Å². The molecule has 0 N–H and O–H groups in total. The van der Waals surface area contributed by atoms with Crippen molar-refractivity contribution >= 4 is 115 Å². The topological polar surface area (TPSA) is 190 Å². The summed E-state index contributed by atoms with van der Waals surface area (Å²) in [5, 5.41) is 0. The van der Waals surface area contributed by atoms with Gasteiger partial charge in [-0.05, 0) is 262 Å². The molecule has 702 valence electrons. The molecule has 15 rings (SSSR count). The van der Waals surface area contributed by atoms with E-state index < -0.39 is 30.4 Å². The van der Waals surface area contributed by atoms with Crippen LogP contribution in [0.4, 0.5) is 51.2 Å². The molecule has 137 heavy (non-hydrogen) atoms. The first-order valence-electron chi connectivity index (χ1n) is 47.2. The van der Waals surface area contributed by atoms with Crippen LogP contribution >= 0.6 is 0 Å². The first-order valence-corrected chi connectivity index (χ1v) is 51.5. The van der Waals surface area contributed by atoms with E-state index in [2.05, 4.69) is 304 Å². The summed E-state index contributed by atoms with van der Waals surface area (Å²) in [6.07, 6.45) is 27.2. The van der Waals surface area contributed by atoms with Crippen molar-refractivity contribution in [1.82, 2.24) is 0 Å². The van der Waals surface area contributed by atoms with Crippen molar-refractivity contribution in [3.63, 3.8) is 0 Å². The summed E-state index contributed by atoms with van der Waals surface area (Å²) in [4.78, 5) is 6.16. The van der Waals surface area contributed by atoms with Gasteiger partial charge in [-0.15, -0.1) is 0 Å². The van der Waals surface area contributed by atoms with Gasteiger partial charge in [0.25, 0.3) is 0 Å². The van der Waals surface area contributed by atoms with Crippen molar-refractivity contribution in [3.05, 3.63) is 447 Å². The summed E-state index contributed by atoms with van der Waals surface area (Å²) in [5.41, 5.74) is 30.2. The van der Waals surface area contributed by atoms with Gasteiger partial charge in [0.1, 0.15) is 50.5 Å². The van der Waals surface area contributed by atoms with Crippen molar-refractivity contribution in [2.75, 3.05) is 55.0 Å². The van der Waals surface area contributed by atoms with Crippen LogP contribution in [0.2, 0.25) is 0 Å². The highest BCUT2D eigenvalue weighted by molar-refractivity contribution is 7.86. The first-order chi connectivity index (χ1) is 65.9.